The number of thioether (sulfide) groups is 1. The third-order valence-electron chi connectivity index (χ3n) is 3.40. The molecule has 1 atom stereocenters. The van der Waals surface area contributed by atoms with Crippen LogP contribution < -0.4 is 5.32 Å². The predicted octanol–water partition coefficient (Wildman–Crippen LogP) is 1.79. The standard InChI is InChI=1S/C14H14ClN3O4S2/c15-10-3-1-2-9(6-10)13-17-18-14(22-13)23-7-12(19)16-11-4-5-24(20,21)8-11/h1-3,6,11H,4-5,7-8H2,(H,16,19)/t11-/m0/s1. The van der Waals surface area contributed by atoms with Crippen molar-refractivity contribution in [3.8, 4) is 11.5 Å². The number of amides is 1. The van der Waals surface area contributed by atoms with E-state index in [2.05, 4.69) is 15.5 Å². The van der Waals surface area contributed by atoms with Crippen LogP contribution in [0.1, 0.15) is 6.42 Å². The zero-order valence-electron chi connectivity index (χ0n) is 12.4. The Kier molecular flexibility index (Phi) is 5.12. The van der Waals surface area contributed by atoms with Crippen LogP contribution in [0, 0.1) is 0 Å². The molecule has 3 rings (SSSR count). The first kappa shape index (κ1) is 17.2. The Morgan fingerprint density at radius 3 is 2.96 bits per heavy atom. The van der Waals surface area contributed by atoms with Crippen molar-refractivity contribution in [3.05, 3.63) is 29.3 Å². The first-order valence-electron chi connectivity index (χ1n) is 7.13. The van der Waals surface area contributed by atoms with Gasteiger partial charge in [0.15, 0.2) is 9.84 Å². The lowest BCUT2D eigenvalue weighted by molar-refractivity contribution is -0.119. The van der Waals surface area contributed by atoms with Crippen LogP contribution in [-0.2, 0) is 14.6 Å². The highest BCUT2D eigenvalue weighted by Gasteiger charge is 2.28. The molecule has 128 valence electrons. The smallest absolute Gasteiger partial charge is 0.277 e. The van der Waals surface area contributed by atoms with E-state index >= 15 is 0 Å². The van der Waals surface area contributed by atoms with Gasteiger partial charge in [0.1, 0.15) is 0 Å². The molecule has 1 aliphatic heterocycles. The normalized spacial score (nSPS) is 19.3. The fourth-order valence-electron chi connectivity index (χ4n) is 2.31. The van der Waals surface area contributed by atoms with Crippen LogP contribution >= 0.6 is 23.4 Å². The van der Waals surface area contributed by atoms with Crippen molar-refractivity contribution in [2.75, 3.05) is 17.3 Å². The first-order valence-corrected chi connectivity index (χ1v) is 10.3. The number of hydrogen-bond donors (Lipinski definition) is 1. The minimum Gasteiger partial charge on any atom is -0.411 e. The molecule has 10 heteroatoms. The molecule has 0 aliphatic carbocycles. The van der Waals surface area contributed by atoms with Crippen LogP contribution in [0.4, 0.5) is 0 Å². The van der Waals surface area contributed by atoms with Gasteiger partial charge in [0.25, 0.3) is 5.22 Å². The van der Waals surface area contributed by atoms with E-state index in [0.717, 1.165) is 11.8 Å². The van der Waals surface area contributed by atoms with Crippen molar-refractivity contribution in [3.63, 3.8) is 0 Å². The summed E-state index contributed by atoms with van der Waals surface area (Å²) in [4.78, 5) is 11.9. The van der Waals surface area contributed by atoms with Gasteiger partial charge in [0.2, 0.25) is 11.8 Å². The molecule has 1 aromatic carbocycles. The Morgan fingerprint density at radius 2 is 2.25 bits per heavy atom. The molecule has 0 spiro atoms. The molecule has 0 saturated carbocycles. The molecule has 0 radical (unpaired) electrons. The van der Waals surface area contributed by atoms with E-state index in [1.165, 1.54) is 0 Å². The fourth-order valence-corrected chi connectivity index (χ4v) is 4.75. The van der Waals surface area contributed by atoms with Crippen molar-refractivity contribution < 1.29 is 17.6 Å². The van der Waals surface area contributed by atoms with Crippen LogP contribution in [0.15, 0.2) is 33.9 Å². The minimum absolute atomic E-state index is 0.00286. The molecule has 2 aromatic rings. The molecule has 1 saturated heterocycles. The maximum atomic E-state index is 11.9. The van der Waals surface area contributed by atoms with Gasteiger partial charge in [-0.05, 0) is 24.6 Å². The van der Waals surface area contributed by atoms with Crippen molar-refractivity contribution in [1.82, 2.24) is 15.5 Å². The quantitative estimate of drug-likeness (QED) is 0.780. The van der Waals surface area contributed by atoms with Gasteiger partial charge in [0.05, 0.1) is 17.3 Å². The molecule has 1 amide bonds. The molecule has 1 aromatic heterocycles. The average Bonchev–Trinajstić information content (AvgIpc) is 3.12. The summed E-state index contributed by atoms with van der Waals surface area (Å²) >= 11 is 7.01. The van der Waals surface area contributed by atoms with Gasteiger partial charge in [-0.1, -0.05) is 29.4 Å². The lowest BCUT2D eigenvalue weighted by Crippen LogP contribution is -2.36. The number of rotatable bonds is 5. The number of halogens is 1. The average molecular weight is 388 g/mol. The number of aromatic nitrogens is 2. The highest BCUT2D eigenvalue weighted by molar-refractivity contribution is 7.99. The Balaban J connectivity index is 1.53. The number of nitrogens with one attached hydrogen (secondary N) is 1. The van der Waals surface area contributed by atoms with Crippen LogP contribution in [0.25, 0.3) is 11.5 Å². The molecule has 1 aliphatic rings. The number of carbonyl (C=O) groups excluding carboxylic acids is 1. The summed E-state index contributed by atoms with van der Waals surface area (Å²) in [5.41, 5.74) is 0.697. The number of benzene rings is 1. The second-order valence-corrected chi connectivity index (χ2v) is 8.93. The van der Waals surface area contributed by atoms with Crippen LogP contribution in [-0.4, -0.2) is 47.8 Å². The molecule has 7 nitrogen and oxygen atoms in total. The molecule has 0 bridgehead atoms. The maximum absolute atomic E-state index is 11.9. The SMILES string of the molecule is O=C(CSc1nnc(-c2cccc(Cl)c2)o1)N[C@H]1CCS(=O)(=O)C1. The topological polar surface area (TPSA) is 102 Å². The second kappa shape index (κ2) is 7.12. The Hall–Kier alpha value is -1.58. The van der Waals surface area contributed by atoms with Crippen molar-refractivity contribution in [2.24, 2.45) is 0 Å². The molecule has 24 heavy (non-hydrogen) atoms. The summed E-state index contributed by atoms with van der Waals surface area (Å²) in [5, 5.41) is 11.3. The number of nitrogens with zero attached hydrogens (tertiary/aromatic N) is 2. The van der Waals surface area contributed by atoms with Crippen molar-refractivity contribution in [2.45, 2.75) is 17.7 Å². The summed E-state index contributed by atoms with van der Waals surface area (Å²) in [7, 11) is -3.01. The molecular formula is C14H14ClN3O4S2. The number of sulfone groups is 1. The molecule has 2 heterocycles. The predicted molar refractivity (Wildman–Crippen MR) is 90.7 cm³/mol. The Morgan fingerprint density at radius 1 is 1.42 bits per heavy atom. The largest absolute Gasteiger partial charge is 0.411 e. The van der Waals surface area contributed by atoms with Gasteiger partial charge in [-0.3, -0.25) is 4.79 Å². The number of carbonyl (C=O) groups is 1. The minimum atomic E-state index is -3.01. The summed E-state index contributed by atoms with van der Waals surface area (Å²) in [6, 6.07) is 6.70. The highest BCUT2D eigenvalue weighted by atomic mass is 35.5. The van der Waals surface area contributed by atoms with Gasteiger partial charge in [-0.2, -0.15) is 0 Å². The molecule has 0 unspecified atom stereocenters. The lowest BCUT2D eigenvalue weighted by Gasteiger charge is -2.09. The maximum Gasteiger partial charge on any atom is 0.277 e. The zero-order valence-corrected chi connectivity index (χ0v) is 14.8. The Labute approximate surface area is 148 Å². The van der Waals surface area contributed by atoms with E-state index in [1.54, 1.807) is 24.3 Å². The van der Waals surface area contributed by atoms with Gasteiger partial charge in [-0.15, -0.1) is 10.2 Å². The van der Waals surface area contributed by atoms with Crippen LogP contribution in [0.2, 0.25) is 5.02 Å². The second-order valence-electron chi connectivity index (χ2n) is 5.34. The molecule has 1 fully saturated rings. The van der Waals surface area contributed by atoms with Gasteiger partial charge >= 0.3 is 0 Å². The van der Waals surface area contributed by atoms with Crippen molar-refractivity contribution >= 4 is 39.1 Å². The summed E-state index contributed by atoms with van der Waals surface area (Å²) in [6.45, 7) is 0. The lowest BCUT2D eigenvalue weighted by atomic mass is 10.2. The molecular weight excluding hydrogens is 374 g/mol. The van der Waals surface area contributed by atoms with E-state index in [0.29, 0.717) is 22.9 Å². The third-order valence-corrected chi connectivity index (χ3v) is 6.22. The highest BCUT2D eigenvalue weighted by Crippen LogP contribution is 2.25. The van der Waals surface area contributed by atoms with E-state index in [9.17, 15) is 13.2 Å². The molecule has 1 N–H and O–H groups in total. The summed E-state index contributed by atoms with van der Waals surface area (Å²) in [6.07, 6.45) is 0.457. The summed E-state index contributed by atoms with van der Waals surface area (Å²) < 4.78 is 28.2. The van der Waals surface area contributed by atoms with Crippen LogP contribution in [0.3, 0.4) is 0 Å². The number of hydrogen-bond acceptors (Lipinski definition) is 7. The Bertz CT molecular complexity index is 853. The first-order chi connectivity index (χ1) is 11.4. The fraction of sp³-hybridized carbons (Fsp3) is 0.357. The van der Waals surface area contributed by atoms with E-state index in [1.807, 2.05) is 0 Å². The van der Waals surface area contributed by atoms with Crippen molar-refractivity contribution in [1.29, 1.82) is 0 Å². The summed E-state index contributed by atoms with van der Waals surface area (Å²) in [5.74, 6) is 0.265. The van der Waals surface area contributed by atoms with Gasteiger partial charge < -0.3 is 9.73 Å². The zero-order chi connectivity index (χ0) is 17.2. The van der Waals surface area contributed by atoms with Gasteiger partial charge in [-0.25, -0.2) is 8.42 Å². The third kappa shape index (κ3) is 4.49. The van der Waals surface area contributed by atoms with Gasteiger partial charge in [0, 0.05) is 16.6 Å². The van der Waals surface area contributed by atoms with Crippen LogP contribution in [0.5, 0.6) is 0 Å². The monoisotopic (exact) mass is 387 g/mol. The van der Waals surface area contributed by atoms with E-state index < -0.39 is 9.84 Å². The van der Waals surface area contributed by atoms with E-state index in [4.69, 9.17) is 16.0 Å². The van der Waals surface area contributed by atoms with E-state index in [-0.39, 0.29) is 34.4 Å².